The molecule has 1 aliphatic rings. The molecule has 0 saturated carbocycles. The molecule has 0 aromatic carbocycles. The van der Waals surface area contributed by atoms with Crippen LogP contribution in [0.25, 0.3) is 5.82 Å². The summed E-state index contributed by atoms with van der Waals surface area (Å²) >= 11 is 0. The van der Waals surface area contributed by atoms with Crippen molar-refractivity contribution in [2.24, 2.45) is 0 Å². The van der Waals surface area contributed by atoms with E-state index in [1.54, 1.807) is 22.0 Å². The molecule has 1 N–H and O–H groups in total. The number of likely N-dealkylation sites (N-methyl/N-ethyl adjacent to an activating group) is 1. The monoisotopic (exact) mass is 286 g/mol. The van der Waals surface area contributed by atoms with Gasteiger partial charge in [-0.25, -0.2) is 9.67 Å². The zero-order valence-corrected chi connectivity index (χ0v) is 12.4. The van der Waals surface area contributed by atoms with Crippen LogP contribution < -0.4 is 5.32 Å². The Labute approximate surface area is 123 Å². The lowest BCUT2D eigenvalue weighted by Gasteiger charge is -2.13. The van der Waals surface area contributed by atoms with E-state index in [0.717, 1.165) is 24.4 Å². The summed E-state index contributed by atoms with van der Waals surface area (Å²) in [7, 11) is 1.81. The van der Waals surface area contributed by atoms with E-state index < -0.39 is 0 Å². The van der Waals surface area contributed by atoms with E-state index in [-0.39, 0.29) is 11.9 Å². The normalized spacial score (nSPS) is 18.3. The zero-order valence-electron chi connectivity index (χ0n) is 12.4. The van der Waals surface area contributed by atoms with Crippen LogP contribution in [0.1, 0.15) is 17.8 Å². The molecular weight excluding hydrogens is 268 g/mol. The Morgan fingerprint density at radius 2 is 2.14 bits per heavy atom. The average Bonchev–Trinajstić information content (AvgIpc) is 2.95. The maximum Gasteiger partial charge on any atom is 0.244 e. The van der Waals surface area contributed by atoms with Crippen molar-refractivity contribution < 1.29 is 4.79 Å². The number of likely N-dealkylation sites (tertiary alicyclic amines) is 1. The van der Waals surface area contributed by atoms with Gasteiger partial charge in [-0.05, 0) is 26.3 Å². The zero-order chi connectivity index (χ0) is 15.0. The molecule has 0 unspecified atom stereocenters. The Morgan fingerprint density at radius 3 is 2.76 bits per heavy atom. The second kappa shape index (κ2) is 5.16. The molecule has 7 heteroatoms. The van der Waals surface area contributed by atoms with E-state index >= 15 is 0 Å². The van der Waals surface area contributed by atoms with E-state index in [4.69, 9.17) is 0 Å². The molecule has 1 saturated heterocycles. The van der Waals surface area contributed by atoms with Gasteiger partial charge in [0, 0.05) is 19.3 Å². The minimum atomic E-state index is -0.222. The van der Waals surface area contributed by atoms with Gasteiger partial charge in [-0.15, -0.1) is 0 Å². The SMILES string of the molecule is Cc1cc(C)n(-c2cncc(N[C@@H]3CCN(C)C3=O)n2)n1. The van der Waals surface area contributed by atoms with E-state index in [1.165, 1.54) is 0 Å². The molecule has 2 aromatic rings. The molecule has 7 nitrogen and oxygen atoms in total. The number of hydrogen-bond donors (Lipinski definition) is 1. The van der Waals surface area contributed by atoms with E-state index in [0.29, 0.717) is 11.6 Å². The van der Waals surface area contributed by atoms with Gasteiger partial charge in [0.1, 0.15) is 11.9 Å². The molecule has 21 heavy (non-hydrogen) atoms. The van der Waals surface area contributed by atoms with Crippen molar-refractivity contribution >= 4 is 11.7 Å². The van der Waals surface area contributed by atoms with Crippen molar-refractivity contribution in [2.45, 2.75) is 26.3 Å². The van der Waals surface area contributed by atoms with Gasteiger partial charge >= 0.3 is 0 Å². The number of anilines is 1. The highest BCUT2D eigenvalue weighted by atomic mass is 16.2. The standard InChI is InChI=1S/C14H18N6O/c1-9-6-10(2)20(18-9)13-8-15-7-12(17-13)16-11-4-5-19(3)14(11)21/h6-8,11H,4-5H2,1-3H3,(H,16,17)/t11-/m1/s1. The fraction of sp³-hybridized carbons (Fsp3) is 0.429. The van der Waals surface area contributed by atoms with Crippen molar-refractivity contribution in [1.29, 1.82) is 0 Å². The van der Waals surface area contributed by atoms with E-state index in [2.05, 4.69) is 20.4 Å². The van der Waals surface area contributed by atoms with Crippen molar-refractivity contribution in [3.63, 3.8) is 0 Å². The Bertz CT molecular complexity index is 680. The number of nitrogens with zero attached hydrogens (tertiary/aromatic N) is 5. The highest BCUT2D eigenvalue weighted by molar-refractivity contribution is 5.86. The summed E-state index contributed by atoms with van der Waals surface area (Å²) in [6.45, 7) is 4.67. The van der Waals surface area contributed by atoms with Crippen LogP contribution in [0.5, 0.6) is 0 Å². The van der Waals surface area contributed by atoms with Crippen LogP contribution in [0.4, 0.5) is 5.82 Å². The van der Waals surface area contributed by atoms with Gasteiger partial charge in [0.2, 0.25) is 5.91 Å². The topological polar surface area (TPSA) is 75.9 Å². The van der Waals surface area contributed by atoms with Crippen molar-refractivity contribution in [1.82, 2.24) is 24.6 Å². The fourth-order valence-electron chi connectivity index (χ4n) is 2.52. The largest absolute Gasteiger partial charge is 0.357 e. The van der Waals surface area contributed by atoms with E-state index in [1.807, 2.05) is 27.0 Å². The molecule has 0 radical (unpaired) electrons. The molecule has 0 aliphatic carbocycles. The minimum Gasteiger partial charge on any atom is -0.357 e. The molecule has 110 valence electrons. The number of carbonyl (C=O) groups is 1. The summed E-state index contributed by atoms with van der Waals surface area (Å²) in [4.78, 5) is 22.3. The molecule has 0 bridgehead atoms. The van der Waals surface area contributed by atoms with Crippen LogP contribution >= 0.6 is 0 Å². The van der Waals surface area contributed by atoms with E-state index in [9.17, 15) is 4.79 Å². The number of carbonyl (C=O) groups excluding carboxylic acids is 1. The summed E-state index contributed by atoms with van der Waals surface area (Å²) in [5.41, 5.74) is 1.93. The highest BCUT2D eigenvalue weighted by Crippen LogP contribution is 2.16. The predicted molar refractivity (Wildman–Crippen MR) is 78.3 cm³/mol. The fourth-order valence-corrected chi connectivity index (χ4v) is 2.52. The van der Waals surface area contributed by atoms with Gasteiger partial charge < -0.3 is 10.2 Å². The number of aromatic nitrogens is 4. The molecule has 2 aromatic heterocycles. The maximum absolute atomic E-state index is 11.9. The smallest absolute Gasteiger partial charge is 0.244 e. The third-order valence-corrected chi connectivity index (χ3v) is 3.60. The lowest BCUT2D eigenvalue weighted by atomic mass is 10.2. The first-order valence-corrected chi connectivity index (χ1v) is 6.92. The van der Waals surface area contributed by atoms with Crippen LogP contribution in [0, 0.1) is 13.8 Å². The Balaban J connectivity index is 1.84. The average molecular weight is 286 g/mol. The molecule has 1 fully saturated rings. The predicted octanol–water partition coefficient (Wildman–Crippen LogP) is 0.922. The summed E-state index contributed by atoms with van der Waals surface area (Å²) in [5.74, 6) is 1.33. The maximum atomic E-state index is 11.9. The summed E-state index contributed by atoms with van der Waals surface area (Å²) in [5, 5.41) is 7.54. The lowest BCUT2D eigenvalue weighted by molar-refractivity contribution is -0.127. The van der Waals surface area contributed by atoms with Gasteiger partial charge in [-0.3, -0.25) is 9.78 Å². The van der Waals surface area contributed by atoms with Gasteiger partial charge in [-0.2, -0.15) is 5.10 Å². The van der Waals surface area contributed by atoms with Crippen molar-refractivity contribution in [3.8, 4) is 5.82 Å². The molecule has 3 heterocycles. The second-order valence-corrected chi connectivity index (χ2v) is 5.35. The Kier molecular flexibility index (Phi) is 3.32. The van der Waals surface area contributed by atoms with Crippen LogP contribution in [0.3, 0.4) is 0 Å². The van der Waals surface area contributed by atoms with Gasteiger partial charge in [-0.1, -0.05) is 0 Å². The quantitative estimate of drug-likeness (QED) is 0.908. The third kappa shape index (κ3) is 2.58. The first kappa shape index (κ1) is 13.5. The number of nitrogens with one attached hydrogen (secondary N) is 1. The first-order chi connectivity index (χ1) is 10.0. The molecule has 3 rings (SSSR count). The van der Waals surface area contributed by atoms with Crippen LogP contribution in [-0.4, -0.2) is 50.2 Å². The number of aryl methyl sites for hydroxylation is 2. The third-order valence-electron chi connectivity index (χ3n) is 3.60. The lowest BCUT2D eigenvalue weighted by Crippen LogP contribution is -2.31. The second-order valence-electron chi connectivity index (χ2n) is 5.35. The van der Waals surface area contributed by atoms with Gasteiger partial charge in [0.15, 0.2) is 5.82 Å². The van der Waals surface area contributed by atoms with Crippen LogP contribution in [0.15, 0.2) is 18.5 Å². The number of hydrogen-bond acceptors (Lipinski definition) is 5. The molecule has 1 amide bonds. The summed E-state index contributed by atoms with van der Waals surface area (Å²) < 4.78 is 1.75. The minimum absolute atomic E-state index is 0.0910. The Morgan fingerprint density at radius 1 is 1.33 bits per heavy atom. The molecule has 0 spiro atoms. The van der Waals surface area contributed by atoms with Crippen molar-refractivity contribution in [3.05, 3.63) is 29.8 Å². The first-order valence-electron chi connectivity index (χ1n) is 6.92. The number of amides is 1. The number of rotatable bonds is 3. The molecule has 1 atom stereocenters. The van der Waals surface area contributed by atoms with Gasteiger partial charge in [0.05, 0.1) is 18.1 Å². The Hall–Kier alpha value is -2.44. The summed E-state index contributed by atoms with van der Waals surface area (Å²) in [6.07, 6.45) is 4.06. The van der Waals surface area contributed by atoms with Crippen molar-refractivity contribution in [2.75, 3.05) is 18.9 Å². The van der Waals surface area contributed by atoms with Gasteiger partial charge in [0.25, 0.3) is 0 Å². The van der Waals surface area contributed by atoms with Crippen LogP contribution in [0.2, 0.25) is 0 Å². The molecular formula is C14H18N6O. The summed E-state index contributed by atoms with van der Waals surface area (Å²) in [6, 6.07) is 1.76. The highest BCUT2D eigenvalue weighted by Gasteiger charge is 2.29. The molecule has 1 aliphatic heterocycles. The van der Waals surface area contributed by atoms with Crippen LogP contribution in [-0.2, 0) is 4.79 Å².